The van der Waals surface area contributed by atoms with Gasteiger partial charge in [0.2, 0.25) is 10.0 Å². The van der Waals surface area contributed by atoms with E-state index < -0.39 is 15.9 Å². The number of sulfonamides is 1. The third-order valence-electron chi connectivity index (χ3n) is 2.51. The van der Waals surface area contributed by atoms with Crippen LogP contribution in [0.5, 0.6) is 0 Å². The van der Waals surface area contributed by atoms with Crippen molar-refractivity contribution in [1.29, 1.82) is 0 Å². The van der Waals surface area contributed by atoms with E-state index in [4.69, 9.17) is 5.14 Å². The Morgan fingerprint density at radius 1 is 1.37 bits per heavy atom. The van der Waals surface area contributed by atoms with E-state index >= 15 is 0 Å². The van der Waals surface area contributed by atoms with Crippen LogP contribution in [0.4, 0.5) is 5.69 Å². The summed E-state index contributed by atoms with van der Waals surface area (Å²) in [6.45, 7) is 1.55. The minimum absolute atomic E-state index is 0.0366. The quantitative estimate of drug-likeness (QED) is 0.866. The Morgan fingerprint density at radius 2 is 2.11 bits per heavy atom. The number of nitrogens with one attached hydrogen (secondary N) is 1. The summed E-state index contributed by atoms with van der Waals surface area (Å²) in [6, 6.07) is 5.83. The number of hydrogen-bond acceptors (Lipinski definition) is 5. The van der Waals surface area contributed by atoms with Gasteiger partial charge in [-0.2, -0.15) is 0 Å². The molecule has 0 bridgehead atoms. The largest absolute Gasteiger partial charge is 0.364 e. The summed E-state index contributed by atoms with van der Waals surface area (Å²) in [5.74, 6) is -0.497. The smallest absolute Gasteiger partial charge is 0.277 e. The molecule has 1 heterocycles. The molecule has 3 N–H and O–H groups in total. The summed E-state index contributed by atoms with van der Waals surface area (Å²) >= 11 is 0. The summed E-state index contributed by atoms with van der Waals surface area (Å²) < 4.78 is 27.3. The minimum Gasteiger partial charge on any atom is -0.364 e. The van der Waals surface area contributed by atoms with E-state index in [2.05, 4.69) is 15.0 Å². The molecule has 0 aliphatic rings. The lowest BCUT2D eigenvalue weighted by molar-refractivity contribution is 0.101. The molecule has 0 spiro atoms. The molecule has 19 heavy (non-hydrogen) atoms. The maximum atomic E-state index is 11.8. The second-order valence-corrected chi connectivity index (χ2v) is 5.34. The Hall–Kier alpha value is -2.19. The molecule has 1 amide bonds. The zero-order valence-electron chi connectivity index (χ0n) is 9.95. The van der Waals surface area contributed by atoms with Crippen LogP contribution in [-0.4, -0.2) is 19.5 Å². The van der Waals surface area contributed by atoms with Crippen molar-refractivity contribution >= 4 is 21.6 Å². The third kappa shape index (κ3) is 2.80. The van der Waals surface area contributed by atoms with E-state index in [1.54, 1.807) is 13.0 Å². The van der Waals surface area contributed by atoms with Crippen LogP contribution in [-0.2, 0) is 10.0 Å². The number of carbonyl (C=O) groups excluding carboxylic acids is 1. The monoisotopic (exact) mass is 281 g/mol. The Kier molecular flexibility index (Phi) is 3.36. The van der Waals surface area contributed by atoms with Gasteiger partial charge in [-0.15, -0.1) is 0 Å². The first-order valence-corrected chi connectivity index (χ1v) is 6.78. The Morgan fingerprint density at radius 3 is 2.68 bits per heavy atom. The lowest BCUT2D eigenvalue weighted by atomic mass is 10.2. The highest BCUT2D eigenvalue weighted by Gasteiger charge is 2.16. The second-order valence-electron chi connectivity index (χ2n) is 3.81. The van der Waals surface area contributed by atoms with Crippen LogP contribution in [0.15, 0.2) is 39.9 Å². The summed E-state index contributed by atoms with van der Waals surface area (Å²) in [5, 5.41) is 11.1. The number of rotatable bonds is 3. The molecule has 0 saturated carbocycles. The zero-order valence-corrected chi connectivity index (χ0v) is 10.8. The molecule has 2 aromatic rings. The van der Waals surface area contributed by atoms with Gasteiger partial charge in [0.15, 0.2) is 5.69 Å². The van der Waals surface area contributed by atoms with Crippen molar-refractivity contribution in [2.24, 2.45) is 5.14 Å². The number of carbonyl (C=O) groups is 1. The first-order chi connectivity index (χ1) is 8.89. The molecule has 1 aromatic carbocycles. The van der Waals surface area contributed by atoms with E-state index in [0.717, 1.165) is 0 Å². The van der Waals surface area contributed by atoms with Crippen LogP contribution in [0.25, 0.3) is 0 Å². The molecular weight excluding hydrogens is 270 g/mol. The number of primary sulfonamides is 1. The Labute approximate surface area is 109 Å². The topological polar surface area (TPSA) is 115 Å². The molecule has 0 atom stereocenters. The highest BCUT2D eigenvalue weighted by atomic mass is 32.2. The number of nitrogens with two attached hydrogens (primary N) is 1. The highest BCUT2D eigenvalue weighted by Crippen LogP contribution is 2.22. The zero-order chi connectivity index (χ0) is 14.0. The maximum absolute atomic E-state index is 11.8. The summed E-state index contributed by atoms with van der Waals surface area (Å²) in [4.78, 5) is 11.7. The molecule has 0 saturated heterocycles. The van der Waals surface area contributed by atoms with Crippen molar-refractivity contribution in [3.05, 3.63) is 41.8 Å². The van der Waals surface area contributed by atoms with Crippen LogP contribution < -0.4 is 10.5 Å². The van der Waals surface area contributed by atoms with Crippen molar-refractivity contribution in [3.8, 4) is 0 Å². The van der Waals surface area contributed by atoms with Crippen molar-refractivity contribution in [2.75, 3.05) is 5.32 Å². The maximum Gasteiger partial charge on any atom is 0.277 e. The molecule has 8 heteroatoms. The van der Waals surface area contributed by atoms with Gasteiger partial charge >= 0.3 is 0 Å². The average molecular weight is 281 g/mol. The van der Waals surface area contributed by atoms with Crippen molar-refractivity contribution in [1.82, 2.24) is 5.16 Å². The molecule has 1 aromatic heterocycles. The highest BCUT2D eigenvalue weighted by molar-refractivity contribution is 7.89. The first kappa shape index (κ1) is 13.2. The minimum atomic E-state index is -3.83. The van der Waals surface area contributed by atoms with Crippen molar-refractivity contribution in [2.45, 2.75) is 11.8 Å². The van der Waals surface area contributed by atoms with Crippen molar-refractivity contribution < 1.29 is 17.7 Å². The van der Waals surface area contributed by atoms with Gasteiger partial charge in [0.05, 0.1) is 4.90 Å². The fraction of sp³-hybridized carbons (Fsp3) is 0.0909. The Balaban J connectivity index is 2.35. The molecule has 100 valence electrons. The number of amides is 1. The third-order valence-corrected chi connectivity index (χ3v) is 3.56. The normalized spacial score (nSPS) is 11.3. The standard InChI is InChI=1S/C11H11N3O4S/c1-7-8(3-2-4-10(7)19(12,16)17)13-11(15)9-5-6-18-14-9/h2-6H,1H3,(H,13,15)(H2,12,16,17). The van der Waals surface area contributed by atoms with Gasteiger partial charge in [0, 0.05) is 11.8 Å². The predicted octanol–water partition coefficient (Wildman–Crippen LogP) is 0.883. The predicted molar refractivity (Wildman–Crippen MR) is 67.0 cm³/mol. The number of nitrogens with zero attached hydrogens (tertiary/aromatic N) is 1. The number of aromatic nitrogens is 1. The van der Waals surface area contributed by atoms with E-state index in [1.165, 1.54) is 24.5 Å². The van der Waals surface area contributed by atoms with Gasteiger partial charge < -0.3 is 9.84 Å². The summed E-state index contributed by atoms with van der Waals surface area (Å²) in [7, 11) is -3.83. The van der Waals surface area contributed by atoms with Gasteiger partial charge in [-0.3, -0.25) is 4.79 Å². The van der Waals surface area contributed by atoms with E-state index in [-0.39, 0.29) is 10.6 Å². The van der Waals surface area contributed by atoms with Crippen LogP contribution in [0, 0.1) is 6.92 Å². The van der Waals surface area contributed by atoms with Gasteiger partial charge in [-0.25, -0.2) is 13.6 Å². The lowest BCUT2D eigenvalue weighted by Gasteiger charge is -2.10. The summed E-state index contributed by atoms with van der Waals surface area (Å²) in [5.41, 5.74) is 0.807. The van der Waals surface area contributed by atoms with Gasteiger partial charge in [0.1, 0.15) is 6.26 Å². The van der Waals surface area contributed by atoms with E-state index in [1.807, 2.05) is 0 Å². The van der Waals surface area contributed by atoms with E-state index in [9.17, 15) is 13.2 Å². The Bertz CT molecular complexity index is 708. The van der Waals surface area contributed by atoms with Crippen molar-refractivity contribution in [3.63, 3.8) is 0 Å². The number of hydrogen-bond donors (Lipinski definition) is 2. The summed E-state index contributed by atoms with van der Waals surface area (Å²) in [6.07, 6.45) is 1.27. The SMILES string of the molecule is Cc1c(NC(=O)c2ccon2)cccc1S(N)(=O)=O. The van der Waals surface area contributed by atoms with Crippen LogP contribution in [0.1, 0.15) is 16.1 Å². The molecule has 2 rings (SSSR count). The van der Waals surface area contributed by atoms with Gasteiger partial charge in [-0.05, 0) is 24.6 Å². The van der Waals surface area contributed by atoms with Crippen LogP contribution in [0.2, 0.25) is 0 Å². The molecule has 0 aliphatic carbocycles. The van der Waals surface area contributed by atoms with Crippen LogP contribution >= 0.6 is 0 Å². The molecule has 0 unspecified atom stereocenters. The fourth-order valence-corrected chi connectivity index (χ4v) is 2.38. The van der Waals surface area contributed by atoms with E-state index in [0.29, 0.717) is 11.3 Å². The average Bonchev–Trinajstić information content (AvgIpc) is 2.83. The molecule has 0 radical (unpaired) electrons. The van der Waals surface area contributed by atoms with Gasteiger partial charge in [0.25, 0.3) is 5.91 Å². The molecule has 7 nitrogen and oxygen atoms in total. The first-order valence-electron chi connectivity index (χ1n) is 5.24. The molecule has 0 aliphatic heterocycles. The van der Waals surface area contributed by atoms with Crippen LogP contribution in [0.3, 0.4) is 0 Å². The molecular formula is C11H11N3O4S. The fourth-order valence-electron chi connectivity index (χ4n) is 1.57. The second kappa shape index (κ2) is 4.82. The molecule has 0 fully saturated rings. The van der Waals surface area contributed by atoms with Gasteiger partial charge in [-0.1, -0.05) is 11.2 Å². The number of benzene rings is 1. The lowest BCUT2D eigenvalue weighted by Crippen LogP contribution is -2.17. The number of anilines is 1.